The van der Waals surface area contributed by atoms with Gasteiger partial charge in [0.25, 0.3) is 0 Å². The molecule has 3 rings (SSSR count). The van der Waals surface area contributed by atoms with Crippen molar-refractivity contribution in [3.8, 4) is 5.75 Å². The summed E-state index contributed by atoms with van der Waals surface area (Å²) < 4.78 is 5.22. The number of ether oxygens (including phenoxy) is 1. The summed E-state index contributed by atoms with van der Waals surface area (Å²) in [5.41, 5.74) is 0.861. The Bertz CT molecular complexity index is 932. The van der Waals surface area contributed by atoms with Gasteiger partial charge in [0.1, 0.15) is 11.8 Å². The van der Waals surface area contributed by atoms with Crippen LogP contribution in [0.1, 0.15) is 58.4 Å². The molecular formula is C27H37N3O5. The average Bonchev–Trinajstić information content (AvgIpc) is 3.12. The molecule has 1 heterocycles. The number of hydrogen-bond donors (Lipinski definition) is 1. The molecule has 1 N–H and O–H groups in total. The number of methoxy groups -OCH3 is 1. The number of likely N-dealkylation sites (tertiary alicyclic amines) is 1. The van der Waals surface area contributed by atoms with E-state index in [2.05, 4.69) is 5.32 Å². The molecule has 0 radical (unpaired) electrons. The van der Waals surface area contributed by atoms with Crippen LogP contribution in [0.15, 0.2) is 36.4 Å². The highest BCUT2D eigenvalue weighted by Crippen LogP contribution is 2.35. The molecule has 4 atom stereocenters. The fraction of sp³-hybridized carbons (Fsp3) is 0.556. The Labute approximate surface area is 207 Å². The van der Waals surface area contributed by atoms with Crippen LogP contribution in [0.25, 0.3) is 0 Å². The first kappa shape index (κ1) is 26.4. The van der Waals surface area contributed by atoms with Crippen molar-refractivity contribution in [3.63, 3.8) is 0 Å². The van der Waals surface area contributed by atoms with Crippen molar-refractivity contribution in [3.05, 3.63) is 42.0 Å². The van der Waals surface area contributed by atoms with Crippen molar-refractivity contribution in [1.29, 1.82) is 0 Å². The highest BCUT2D eigenvalue weighted by atomic mass is 16.5. The van der Waals surface area contributed by atoms with Crippen molar-refractivity contribution in [1.82, 2.24) is 15.1 Å². The van der Waals surface area contributed by atoms with Crippen molar-refractivity contribution >= 4 is 23.6 Å². The molecule has 0 aromatic heterocycles. The SMILES string of the molecule is CC[C@H](C)NC(=O)[C@H](CC)N(Cc1ccc(OC)cc1)C(=O)CCN1C(=O)[C@H]2CC=CC[C@H]2C1=O. The third-order valence-electron chi connectivity index (χ3n) is 7.05. The summed E-state index contributed by atoms with van der Waals surface area (Å²) in [5.74, 6) is -0.781. The standard InChI is InChI=1S/C27H37N3O5/c1-5-18(3)28-25(32)23(6-2)30(17-19-11-13-20(35-4)14-12-19)24(31)15-16-29-26(33)21-9-7-8-10-22(21)27(29)34/h7-8,11-14,18,21-23H,5-6,9-10,15-17H2,1-4H3,(H,28,32)/t18-,21-,22+,23-/m0/s1. The lowest BCUT2D eigenvalue weighted by Crippen LogP contribution is -2.51. The van der Waals surface area contributed by atoms with E-state index in [1.807, 2.05) is 57.2 Å². The maximum absolute atomic E-state index is 13.5. The second kappa shape index (κ2) is 12.0. The summed E-state index contributed by atoms with van der Waals surface area (Å²) in [4.78, 5) is 55.0. The maximum Gasteiger partial charge on any atom is 0.243 e. The van der Waals surface area contributed by atoms with Crippen molar-refractivity contribution < 1.29 is 23.9 Å². The lowest BCUT2D eigenvalue weighted by Gasteiger charge is -2.32. The Balaban J connectivity index is 1.76. The zero-order valence-electron chi connectivity index (χ0n) is 21.2. The van der Waals surface area contributed by atoms with Gasteiger partial charge in [-0.25, -0.2) is 0 Å². The number of allylic oxidation sites excluding steroid dienone is 2. The predicted octanol–water partition coefficient (Wildman–Crippen LogP) is 3.06. The van der Waals surface area contributed by atoms with Gasteiger partial charge in [0, 0.05) is 25.6 Å². The van der Waals surface area contributed by atoms with Gasteiger partial charge in [-0.05, 0) is 50.3 Å². The minimum absolute atomic E-state index is 0.00807. The first-order valence-corrected chi connectivity index (χ1v) is 12.5. The molecule has 1 aliphatic heterocycles. The van der Waals surface area contributed by atoms with E-state index in [0.717, 1.165) is 12.0 Å². The van der Waals surface area contributed by atoms with Crippen LogP contribution in [-0.4, -0.2) is 59.2 Å². The number of rotatable bonds is 11. The predicted molar refractivity (Wildman–Crippen MR) is 132 cm³/mol. The van der Waals surface area contributed by atoms with Crippen LogP contribution in [0.2, 0.25) is 0 Å². The Hall–Kier alpha value is -3.16. The van der Waals surface area contributed by atoms with Gasteiger partial charge in [-0.3, -0.25) is 24.1 Å². The van der Waals surface area contributed by atoms with Gasteiger partial charge in [0.2, 0.25) is 23.6 Å². The lowest BCUT2D eigenvalue weighted by atomic mass is 9.85. The minimum Gasteiger partial charge on any atom is -0.497 e. The summed E-state index contributed by atoms with van der Waals surface area (Å²) in [6, 6.07) is 6.69. The summed E-state index contributed by atoms with van der Waals surface area (Å²) >= 11 is 0. The molecule has 35 heavy (non-hydrogen) atoms. The third-order valence-corrected chi connectivity index (χ3v) is 7.05. The molecule has 0 spiro atoms. The largest absolute Gasteiger partial charge is 0.497 e. The second-order valence-corrected chi connectivity index (χ2v) is 9.35. The number of amides is 4. The van der Waals surface area contributed by atoms with Crippen molar-refractivity contribution in [2.45, 2.75) is 71.5 Å². The van der Waals surface area contributed by atoms with Crippen molar-refractivity contribution in [2.24, 2.45) is 11.8 Å². The Morgan fingerprint density at radius 2 is 1.66 bits per heavy atom. The number of benzene rings is 1. The molecule has 8 nitrogen and oxygen atoms in total. The molecule has 8 heteroatoms. The van der Waals surface area contributed by atoms with Gasteiger partial charge in [-0.15, -0.1) is 0 Å². The maximum atomic E-state index is 13.5. The van der Waals surface area contributed by atoms with Crippen LogP contribution < -0.4 is 10.1 Å². The lowest BCUT2D eigenvalue weighted by molar-refractivity contribution is -0.144. The fourth-order valence-electron chi connectivity index (χ4n) is 4.73. The number of imide groups is 1. The highest BCUT2D eigenvalue weighted by molar-refractivity contribution is 6.05. The van der Waals surface area contributed by atoms with Crippen LogP contribution >= 0.6 is 0 Å². The van der Waals surface area contributed by atoms with Gasteiger partial charge in [-0.2, -0.15) is 0 Å². The quantitative estimate of drug-likeness (QED) is 0.386. The number of nitrogens with zero attached hydrogens (tertiary/aromatic N) is 2. The summed E-state index contributed by atoms with van der Waals surface area (Å²) in [7, 11) is 1.59. The molecule has 190 valence electrons. The molecule has 1 aliphatic carbocycles. The van der Waals surface area contributed by atoms with Gasteiger partial charge < -0.3 is 15.0 Å². The van der Waals surface area contributed by atoms with Gasteiger partial charge >= 0.3 is 0 Å². The Morgan fingerprint density at radius 3 is 2.17 bits per heavy atom. The van der Waals surface area contributed by atoms with E-state index >= 15 is 0 Å². The molecule has 4 amide bonds. The van der Waals surface area contributed by atoms with Gasteiger partial charge in [0.15, 0.2) is 0 Å². The fourth-order valence-corrected chi connectivity index (χ4v) is 4.73. The summed E-state index contributed by atoms with van der Waals surface area (Å²) in [5, 5.41) is 2.99. The molecule has 0 saturated carbocycles. The number of hydrogen-bond acceptors (Lipinski definition) is 5. The second-order valence-electron chi connectivity index (χ2n) is 9.35. The van der Waals surface area contributed by atoms with E-state index in [4.69, 9.17) is 4.74 Å². The molecule has 1 saturated heterocycles. The van der Waals surface area contributed by atoms with Crippen LogP contribution in [0, 0.1) is 11.8 Å². The molecular weight excluding hydrogens is 446 g/mol. The Kier molecular flexibility index (Phi) is 9.07. The van der Waals surface area contributed by atoms with E-state index in [-0.39, 0.29) is 61.0 Å². The minimum atomic E-state index is -0.657. The zero-order valence-corrected chi connectivity index (χ0v) is 21.2. The van der Waals surface area contributed by atoms with E-state index in [9.17, 15) is 19.2 Å². The summed E-state index contributed by atoms with van der Waals surface area (Å²) in [6.45, 7) is 6.07. The smallest absolute Gasteiger partial charge is 0.243 e. The van der Waals surface area contributed by atoms with E-state index in [1.165, 1.54) is 4.90 Å². The Morgan fingerprint density at radius 1 is 1.06 bits per heavy atom. The van der Waals surface area contributed by atoms with E-state index < -0.39 is 6.04 Å². The van der Waals surface area contributed by atoms with Crippen LogP contribution in [0.5, 0.6) is 5.75 Å². The van der Waals surface area contributed by atoms with Crippen molar-refractivity contribution in [2.75, 3.05) is 13.7 Å². The average molecular weight is 484 g/mol. The first-order chi connectivity index (χ1) is 16.8. The van der Waals surface area contributed by atoms with Gasteiger partial charge in [-0.1, -0.05) is 38.1 Å². The van der Waals surface area contributed by atoms with Gasteiger partial charge in [0.05, 0.1) is 18.9 Å². The zero-order chi connectivity index (χ0) is 25.5. The summed E-state index contributed by atoms with van der Waals surface area (Å²) in [6.07, 6.45) is 6.23. The number of carbonyl (C=O) groups excluding carboxylic acids is 4. The number of carbonyl (C=O) groups is 4. The molecule has 1 aromatic rings. The number of fused-ring (bicyclic) bond motifs is 1. The molecule has 0 unspecified atom stereocenters. The van der Waals surface area contributed by atoms with Crippen LogP contribution in [0.4, 0.5) is 0 Å². The normalized spacial score (nSPS) is 20.9. The topological polar surface area (TPSA) is 96.0 Å². The molecule has 2 aliphatic rings. The van der Waals surface area contributed by atoms with Crippen LogP contribution in [-0.2, 0) is 25.7 Å². The van der Waals surface area contributed by atoms with E-state index in [1.54, 1.807) is 12.0 Å². The highest BCUT2D eigenvalue weighted by Gasteiger charge is 2.47. The molecule has 0 bridgehead atoms. The number of nitrogens with one attached hydrogen (secondary N) is 1. The third kappa shape index (κ3) is 6.10. The molecule has 1 aromatic carbocycles. The monoisotopic (exact) mass is 483 g/mol. The van der Waals surface area contributed by atoms with E-state index in [0.29, 0.717) is 25.0 Å². The first-order valence-electron chi connectivity index (χ1n) is 12.5. The molecule has 1 fully saturated rings. The van der Waals surface area contributed by atoms with Crippen LogP contribution in [0.3, 0.4) is 0 Å².